The summed E-state index contributed by atoms with van der Waals surface area (Å²) < 4.78 is 34.2. The second kappa shape index (κ2) is 14.7. The molecule has 0 radical (unpaired) electrons. The van der Waals surface area contributed by atoms with E-state index in [1.807, 2.05) is 30.3 Å². The van der Waals surface area contributed by atoms with E-state index in [1.54, 1.807) is 7.11 Å². The first-order chi connectivity index (χ1) is 20.6. The normalized spacial score (nSPS) is 29.9. The topological polar surface area (TPSA) is 137 Å². The Labute approximate surface area is 254 Å². The van der Waals surface area contributed by atoms with Crippen molar-refractivity contribution in [2.45, 2.75) is 108 Å². The Morgan fingerprint density at radius 2 is 1.81 bits per heavy atom. The minimum Gasteiger partial charge on any atom is -0.467 e. The molecule has 2 amide bonds. The van der Waals surface area contributed by atoms with E-state index in [1.165, 1.54) is 7.11 Å². The number of unbranched alkanes of at least 4 members (excludes halogenated alkanes) is 1. The minimum atomic E-state index is -0.884. The van der Waals surface area contributed by atoms with E-state index in [0.717, 1.165) is 24.8 Å². The maximum Gasteiger partial charge on any atom is 0.408 e. The van der Waals surface area contributed by atoms with Crippen molar-refractivity contribution in [2.24, 2.45) is 11.8 Å². The Balaban J connectivity index is 1.24. The Morgan fingerprint density at radius 1 is 1.07 bits per heavy atom. The lowest BCUT2D eigenvalue weighted by Gasteiger charge is -2.42. The van der Waals surface area contributed by atoms with Gasteiger partial charge in [0.05, 0.1) is 25.7 Å². The quantitative estimate of drug-likeness (QED) is 0.128. The standard InChI is InChI=1S/C32H48N2O9/c1-21(2)14-15-25-31(3,43-25)27-26(38-4)24(16-17-32(27)20-41-32)42-30(37)34-23(28(35)39-5)13-9-10-18-33-29(36)40-19-22-11-7-6-8-12-22/h6-8,11-12,21,23-27H,9-10,13-20H2,1-5H3,(H,33,36)(H,34,37)/t23?,24?,25-,26?,27?,31?,32+/m1/s1. The molecule has 7 atom stereocenters. The Bertz CT molecular complexity index is 1080. The van der Waals surface area contributed by atoms with Crippen molar-refractivity contribution in [3.63, 3.8) is 0 Å². The highest BCUT2D eigenvalue weighted by Gasteiger charge is 2.72. The fourth-order valence-corrected chi connectivity index (χ4v) is 6.42. The van der Waals surface area contributed by atoms with Crippen molar-refractivity contribution >= 4 is 18.2 Å². The summed E-state index contributed by atoms with van der Waals surface area (Å²) in [5.74, 6) is -0.0457. The highest BCUT2D eigenvalue weighted by molar-refractivity contribution is 5.81. The lowest BCUT2D eigenvalue weighted by Crippen LogP contribution is -2.56. The number of carbonyl (C=O) groups is 3. The molecule has 11 nitrogen and oxygen atoms in total. The smallest absolute Gasteiger partial charge is 0.408 e. The van der Waals surface area contributed by atoms with Crippen LogP contribution in [0.1, 0.15) is 71.3 Å². The third kappa shape index (κ3) is 8.61. The lowest BCUT2D eigenvalue weighted by atomic mass is 9.68. The van der Waals surface area contributed by atoms with Gasteiger partial charge in [0.2, 0.25) is 0 Å². The van der Waals surface area contributed by atoms with Crippen LogP contribution in [-0.4, -0.2) is 81.1 Å². The maximum atomic E-state index is 13.0. The number of hydrogen-bond acceptors (Lipinski definition) is 9. The molecule has 0 bridgehead atoms. The van der Waals surface area contributed by atoms with Gasteiger partial charge in [0, 0.05) is 13.7 Å². The average molecular weight is 605 g/mol. The number of esters is 1. The van der Waals surface area contributed by atoms with Crippen LogP contribution < -0.4 is 10.6 Å². The van der Waals surface area contributed by atoms with Gasteiger partial charge in [-0.15, -0.1) is 0 Å². The molecule has 1 aliphatic carbocycles. The van der Waals surface area contributed by atoms with E-state index in [2.05, 4.69) is 31.4 Å². The first-order valence-electron chi connectivity index (χ1n) is 15.5. The average Bonchev–Trinajstić information content (AvgIpc) is 3.91. The van der Waals surface area contributed by atoms with Crippen molar-refractivity contribution in [2.75, 3.05) is 27.4 Å². The van der Waals surface area contributed by atoms with E-state index in [0.29, 0.717) is 44.8 Å². The van der Waals surface area contributed by atoms with Gasteiger partial charge in [0.1, 0.15) is 36.1 Å². The van der Waals surface area contributed by atoms with Crippen molar-refractivity contribution in [1.82, 2.24) is 10.6 Å². The molecule has 2 N–H and O–H groups in total. The van der Waals surface area contributed by atoms with Crippen molar-refractivity contribution < 1.29 is 42.8 Å². The first-order valence-corrected chi connectivity index (χ1v) is 15.5. The van der Waals surface area contributed by atoms with Crippen molar-refractivity contribution in [1.29, 1.82) is 0 Å². The van der Waals surface area contributed by atoms with Gasteiger partial charge in [-0.2, -0.15) is 0 Å². The molecule has 43 heavy (non-hydrogen) atoms. The van der Waals surface area contributed by atoms with Gasteiger partial charge in [0.25, 0.3) is 0 Å². The van der Waals surface area contributed by atoms with E-state index >= 15 is 0 Å². The monoisotopic (exact) mass is 604 g/mol. The highest BCUT2D eigenvalue weighted by atomic mass is 16.6. The van der Waals surface area contributed by atoms with Gasteiger partial charge in [-0.1, -0.05) is 44.2 Å². The van der Waals surface area contributed by atoms with Crippen LogP contribution in [-0.2, 0) is 39.8 Å². The molecule has 240 valence electrons. The van der Waals surface area contributed by atoms with Crippen molar-refractivity contribution in [3.05, 3.63) is 35.9 Å². The first kappa shape index (κ1) is 33.0. The summed E-state index contributed by atoms with van der Waals surface area (Å²) in [5, 5.41) is 5.38. The molecule has 2 aliphatic heterocycles. The summed E-state index contributed by atoms with van der Waals surface area (Å²) in [4.78, 5) is 37.4. The molecule has 5 unspecified atom stereocenters. The summed E-state index contributed by atoms with van der Waals surface area (Å²) in [6.45, 7) is 7.73. The highest BCUT2D eigenvalue weighted by Crippen LogP contribution is 2.59. The molecule has 2 saturated heterocycles. The number of ether oxygens (including phenoxy) is 6. The van der Waals surface area contributed by atoms with Crippen molar-refractivity contribution in [3.8, 4) is 0 Å². The molecule has 1 saturated carbocycles. The fourth-order valence-electron chi connectivity index (χ4n) is 6.42. The minimum absolute atomic E-state index is 0.0722. The van der Waals surface area contributed by atoms with Crippen LogP contribution in [0.3, 0.4) is 0 Å². The van der Waals surface area contributed by atoms with Crippen LogP contribution in [0, 0.1) is 11.8 Å². The number of carbonyl (C=O) groups excluding carboxylic acids is 3. The summed E-state index contributed by atoms with van der Waals surface area (Å²) in [5.41, 5.74) is 0.189. The van der Waals surface area contributed by atoms with E-state index in [-0.39, 0.29) is 24.2 Å². The lowest BCUT2D eigenvalue weighted by molar-refractivity contribution is -0.143. The number of benzene rings is 1. The molecule has 2 heterocycles. The number of amides is 2. The zero-order chi connectivity index (χ0) is 31.0. The van der Waals surface area contributed by atoms with Gasteiger partial charge >= 0.3 is 18.2 Å². The molecule has 1 aromatic carbocycles. The third-order valence-corrected chi connectivity index (χ3v) is 8.94. The zero-order valence-electron chi connectivity index (χ0n) is 26.1. The van der Waals surface area contributed by atoms with Gasteiger partial charge in [-0.05, 0) is 63.4 Å². The Kier molecular flexibility index (Phi) is 11.3. The van der Waals surface area contributed by atoms with E-state index in [4.69, 9.17) is 28.4 Å². The predicted octanol–water partition coefficient (Wildman–Crippen LogP) is 4.51. The number of hydrogen-bond donors (Lipinski definition) is 2. The Morgan fingerprint density at radius 3 is 2.47 bits per heavy atom. The molecular weight excluding hydrogens is 556 g/mol. The summed E-state index contributed by atoms with van der Waals surface area (Å²) in [6, 6.07) is 8.53. The zero-order valence-corrected chi connectivity index (χ0v) is 26.1. The SMILES string of the molecule is COC(=O)C(CCCCNC(=O)OCc1ccccc1)NC(=O)OC1CC[C@]2(CO2)C(C2(C)O[C@@H]2CCC(C)C)C1OC. The number of epoxide rings is 2. The summed E-state index contributed by atoms with van der Waals surface area (Å²) in [6.07, 6.45) is 2.83. The van der Waals surface area contributed by atoms with Crippen LogP contribution in [0.25, 0.3) is 0 Å². The molecule has 4 rings (SSSR count). The molecule has 3 fully saturated rings. The molecule has 11 heteroatoms. The molecule has 1 aromatic rings. The third-order valence-electron chi connectivity index (χ3n) is 8.94. The van der Waals surface area contributed by atoms with Gasteiger partial charge in [-0.25, -0.2) is 14.4 Å². The predicted molar refractivity (Wildman–Crippen MR) is 157 cm³/mol. The second-order valence-electron chi connectivity index (χ2n) is 12.5. The van der Waals surface area contributed by atoms with Crippen LogP contribution in [0.4, 0.5) is 9.59 Å². The number of alkyl carbamates (subject to hydrolysis) is 2. The fraction of sp³-hybridized carbons (Fsp3) is 0.719. The van der Waals surface area contributed by atoms with Gasteiger partial charge in [0.15, 0.2) is 0 Å². The van der Waals surface area contributed by atoms with Gasteiger partial charge < -0.3 is 39.1 Å². The Hall–Kier alpha value is -2.89. The number of methoxy groups -OCH3 is 2. The number of nitrogens with one attached hydrogen (secondary N) is 2. The van der Waals surface area contributed by atoms with Crippen LogP contribution in [0.5, 0.6) is 0 Å². The summed E-state index contributed by atoms with van der Waals surface area (Å²) in [7, 11) is 2.91. The molecule has 1 spiro atoms. The molecule has 0 aromatic heterocycles. The van der Waals surface area contributed by atoms with Crippen LogP contribution in [0.15, 0.2) is 30.3 Å². The maximum absolute atomic E-state index is 13.0. The largest absolute Gasteiger partial charge is 0.467 e. The van der Waals surface area contributed by atoms with Crippen LogP contribution in [0.2, 0.25) is 0 Å². The van der Waals surface area contributed by atoms with Gasteiger partial charge in [-0.3, -0.25) is 0 Å². The van der Waals surface area contributed by atoms with Crippen LogP contribution >= 0.6 is 0 Å². The summed E-state index contributed by atoms with van der Waals surface area (Å²) >= 11 is 0. The second-order valence-corrected chi connectivity index (χ2v) is 12.5. The van der Waals surface area contributed by atoms with E-state index in [9.17, 15) is 14.4 Å². The van der Waals surface area contributed by atoms with E-state index < -0.39 is 42.0 Å². The number of rotatable bonds is 15. The molecule has 3 aliphatic rings. The molecular formula is C32H48N2O9.